The standard InChI is InChI=1S/C6H5ClN2/c1-5(7)6-2-8-4-9-3-6/h2-4H,1H2. The maximum Gasteiger partial charge on any atom is 0.115 e. The molecular formula is C6H5ClN2. The van der Waals surface area contributed by atoms with Gasteiger partial charge < -0.3 is 0 Å². The number of halogens is 1. The van der Waals surface area contributed by atoms with E-state index in [0.29, 0.717) is 5.03 Å². The van der Waals surface area contributed by atoms with Crippen molar-refractivity contribution in [2.24, 2.45) is 0 Å². The van der Waals surface area contributed by atoms with Crippen LogP contribution in [0, 0.1) is 0 Å². The Labute approximate surface area is 58.2 Å². The average Bonchev–Trinajstić information content (AvgIpc) is 1.90. The van der Waals surface area contributed by atoms with Crippen LogP contribution in [0.3, 0.4) is 0 Å². The van der Waals surface area contributed by atoms with Crippen molar-refractivity contribution >= 4 is 16.6 Å². The first kappa shape index (κ1) is 6.23. The normalized spacial score (nSPS) is 9.00. The molecule has 0 amide bonds. The van der Waals surface area contributed by atoms with E-state index in [1.165, 1.54) is 6.33 Å². The van der Waals surface area contributed by atoms with Crippen LogP contribution < -0.4 is 0 Å². The van der Waals surface area contributed by atoms with Gasteiger partial charge in [0.1, 0.15) is 6.33 Å². The third-order valence-corrected chi connectivity index (χ3v) is 1.09. The summed E-state index contributed by atoms with van der Waals surface area (Å²) in [5.41, 5.74) is 0.763. The van der Waals surface area contributed by atoms with Gasteiger partial charge in [0.25, 0.3) is 0 Å². The van der Waals surface area contributed by atoms with Gasteiger partial charge in [-0.15, -0.1) is 0 Å². The lowest BCUT2D eigenvalue weighted by Gasteiger charge is -1.90. The third kappa shape index (κ3) is 1.50. The van der Waals surface area contributed by atoms with Crippen LogP contribution >= 0.6 is 11.6 Å². The van der Waals surface area contributed by atoms with Crippen molar-refractivity contribution in [3.8, 4) is 0 Å². The molecule has 0 unspecified atom stereocenters. The van der Waals surface area contributed by atoms with E-state index in [4.69, 9.17) is 11.6 Å². The van der Waals surface area contributed by atoms with Crippen LogP contribution in [0.4, 0.5) is 0 Å². The van der Waals surface area contributed by atoms with Gasteiger partial charge in [-0.1, -0.05) is 18.2 Å². The van der Waals surface area contributed by atoms with Crippen LogP contribution in [0.5, 0.6) is 0 Å². The molecule has 3 heteroatoms. The van der Waals surface area contributed by atoms with Crippen LogP contribution in [-0.4, -0.2) is 9.97 Å². The Morgan fingerprint density at radius 1 is 1.44 bits per heavy atom. The molecule has 46 valence electrons. The molecule has 0 atom stereocenters. The molecule has 1 rings (SSSR count). The van der Waals surface area contributed by atoms with Crippen molar-refractivity contribution in [1.29, 1.82) is 0 Å². The molecule has 0 aliphatic rings. The molecule has 0 aliphatic heterocycles. The summed E-state index contributed by atoms with van der Waals surface area (Å²) in [7, 11) is 0. The number of aromatic nitrogens is 2. The minimum absolute atomic E-state index is 0.468. The highest BCUT2D eigenvalue weighted by Crippen LogP contribution is 2.11. The molecule has 0 spiro atoms. The summed E-state index contributed by atoms with van der Waals surface area (Å²) in [5, 5.41) is 0.468. The maximum absolute atomic E-state index is 5.53. The summed E-state index contributed by atoms with van der Waals surface area (Å²) in [6, 6.07) is 0. The van der Waals surface area contributed by atoms with E-state index in [2.05, 4.69) is 16.5 Å². The molecular weight excluding hydrogens is 136 g/mol. The molecule has 0 saturated carbocycles. The van der Waals surface area contributed by atoms with Gasteiger partial charge in [0.05, 0.1) is 0 Å². The largest absolute Gasteiger partial charge is 0.244 e. The van der Waals surface area contributed by atoms with Gasteiger partial charge in [-0.05, 0) is 0 Å². The molecule has 0 saturated heterocycles. The molecule has 0 fully saturated rings. The van der Waals surface area contributed by atoms with Gasteiger partial charge >= 0.3 is 0 Å². The minimum atomic E-state index is 0.468. The molecule has 1 aromatic heterocycles. The molecule has 9 heavy (non-hydrogen) atoms. The zero-order valence-electron chi connectivity index (χ0n) is 4.71. The maximum atomic E-state index is 5.53. The number of hydrogen-bond acceptors (Lipinski definition) is 2. The lowest BCUT2D eigenvalue weighted by atomic mass is 10.3. The van der Waals surface area contributed by atoms with Crippen molar-refractivity contribution in [1.82, 2.24) is 9.97 Å². The summed E-state index contributed by atoms with van der Waals surface area (Å²) in [6.45, 7) is 3.51. The van der Waals surface area contributed by atoms with Gasteiger partial charge in [-0.3, -0.25) is 0 Å². The number of hydrogen-bond donors (Lipinski definition) is 0. The zero-order chi connectivity index (χ0) is 6.69. The van der Waals surface area contributed by atoms with E-state index in [0.717, 1.165) is 5.56 Å². The van der Waals surface area contributed by atoms with Gasteiger partial charge in [0.15, 0.2) is 0 Å². The van der Waals surface area contributed by atoms with Gasteiger partial charge in [0, 0.05) is 23.0 Å². The molecule has 0 radical (unpaired) electrons. The van der Waals surface area contributed by atoms with Crippen molar-refractivity contribution in [3.63, 3.8) is 0 Å². The van der Waals surface area contributed by atoms with Crippen molar-refractivity contribution < 1.29 is 0 Å². The van der Waals surface area contributed by atoms with E-state index < -0.39 is 0 Å². The van der Waals surface area contributed by atoms with Crippen molar-refractivity contribution in [2.45, 2.75) is 0 Å². The summed E-state index contributed by atoms with van der Waals surface area (Å²) >= 11 is 5.53. The molecule has 0 N–H and O–H groups in total. The van der Waals surface area contributed by atoms with Crippen LogP contribution in [0.25, 0.3) is 5.03 Å². The highest BCUT2D eigenvalue weighted by atomic mass is 35.5. The second kappa shape index (κ2) is 2.60. The first-order valence-corrected chi connectivity index (χ1v) is 2.78. The van der Waals surface area contributed by atoms with Gasteiger partial charge in [0.2, 0.25) is 0 Å². The molecule has 2 nitrogen and oxygen atoms in total. The Kier molecular flexibility index (Phi) is 1.80. The Balaban J connectivity index is 2.98. The SMILES string of the molecule is C=C(Cl)c1cncnc1. The smallest absolute Gasteiger partial charge is 0.115 e. The Hall–Kier alpha value is -0.890. The first-order valence-electron chi connectivity index (χ1n) is 2.40. The summed E-state index contributed by atoms with van der Waals surface area (Å²) in [4.78, 5) is 7.50. The second-order valence-corrected chi connectivity index (χ2v) is 1.99. The van der Waals surface area contributed by atoms with E-state index in [9.17, 15) is 0 Å². The van der Waals surface area contributed by atoms with Gasteiger partial charge in [-0.2, -0.15) is 0 Å². The summed E-state index contributed by atoms with van der Waals surface area (Å²) in [6.07, 6.45) is 4.67. The lowest BCUT2D eigenvalue weighted by Crippen LogP contribution is -1.79. The predicted octanol–water partition coefficient (Wildman–Crippen LogP) is 1.69. The van der Waals surface area contributed by atoms with Crippen molar-refractivity contribution in [2.75, 3.05) is 0 Å². The molecule has 0 bridgehead atoms. The van der Waals surface area contributed by atoms with Crippen molar-refractivity contribution in [3.05, 3.63) is 30.9 Å². The molecule has 0 aromatic carbocycles. The Morgan fingerprint density at radius 3 is 2.33 bits per heavy atom. The van der Waals surface area contributed by atoms with E-state index in [1.807, 2.05) is 0 Å². The number of rotatable bonds is 1. The molecule has 0 aliphatic carbocycles. The highest BCUT2D eigenvalue weighted by Gasteiger charge is 1.90. The minimum Gasteiger partial charge on any atom is -0.244 e. The fourth-order valence-corrected chi connectivity index (χ4v) is 0.537. The van der Waals surface area contributed by atoms with E-state index >= 15 is 0 Å². The van der Waals surface area contributed by atoms with Crippen LogP contribution in [0.15, 0.2) is 25.3 Å². The van der Waals surface area contributed by atoms with E-state index in [-0.39, 0.29) is 0 Å². The molecule has 1 heterocycles. The topological polar surface area (TPSA) is 25.8 Å². The van der Waals surface area contributed by atoms with Crippen LogP contribution in [0.1, 0.15) is 5.56 Å². The number of nitrogens with zero attached hydrogens (tertiary/aromatic N) is 2. The third-order valence-electron chi connectivity index (χ3n) is 0.874. The highest BCUT2D eigenvalue weighted by molar-refractivity contribution is 6.48. The monoisotopic (exact) mass is 140 g/mol. The lowest BCUT2D eigenvalue weighted by molar-refractivity contribution is 1.16. The summed E-state index contributed by atoms with van der Waals surface area (Å²) in [5.74, 6) is 0. The second-order valence-electron chi connectivity index (χ2n) is 1.53. The molecule has 1 aromatic rings. The Morgan fingerprint density at radius 2 is 2.00 bits per heavy atom. The van der Waals surface area contributed by atoms with E-state index in [1.54, 1.807) is 12.4 Å². The quantitative estimate of drug-likeness (QED) is 0.593. The average molecular weight is 141 g/mol. The predicted molar refractivity (Wildman–Crippen MR) is 36.9 cm³/mol. The van der Waals surface area contributed by atoms with Crippen LogP contribution in [0.2, 0.25) is 0 Å². The fourth-order valence-electron chi connectivity index (χ4n) is 0.439. The fraction of sp³-hybridized carbons (Fsp3) is 0. The Bertz CT molecular complexity index is 208. The first-order chi connectivity index (χ1) is 4.30. The van der Waals surface area contributed by atoms with Gasteiger partial charge in [-0.25, -0.2) is 9.97 Å². The summed E-state index contributed by atoms with van der Waals surface area (Å²) < 4.78 is 0. The van der Waals surface area contributed by atoms with Crippen LogP contribution in [-0.2, 0) is 0 Å². The zero-order valence-corrected chi connectivity index (χ0v) is 5.47.